The summed E-state index contributed by atoms with van der Waals surface area (Å²) >= 11 is 0. The van der Waals surface area contributed by atoms with Gasteiger partial charge in [-0.25, -0.2) is 0 Å². The van der Waals surface area contributed by atoms with Crippen LogP contribution in [0.15, 0.2) is 54.6 Å². The molecule has 8 nitrogen and oxygen atoms in total. The normalized spacial score (nSPS) is 22.9. The molecule has 1 heterocycles. The van der Waals surface area contributed by atoms with Crippen molar-refractivity contribution in [3.05, 3.63) is 65.7 Å². The minimum Gasteiger partial charge on any atom is -0.434 e. The summed E-state index contributed by atoms with van der Waals surface area (Å²) in [6.45, 7) is -3.82. The number of halogens is 2. The standard InChI is InChI=1S/C21H22F2N2O6/c22-20(23)31-15-9-5-4-8-14(15)19(28)24-10-16-17(26)21(29,12-30-16)11-25-18(27)13-6-2-1-3-7-13/h1-9,16-17,20,26,29H,10-12H2,(H,24,28)(H,25,27)/t16-,17-,21+/m1/s1. The van der Waals surface area contributed by atoms with E-state index in [1.807, 2.05) is 0 Å². The van der Waals surface area contributed by atoms with Gasteiger partial charge in [0.25, 0.3) is 11.8 Å². The fourth-order valence-corrected chi connectivity index (χ4v) is 3.17. The third-order valence-corrected chi connectivity index (χ3v) is 4.85. The minimum absolute atomic E-state index is 0.110. The molecule has 4 N–H and O–H groups in total. The van der Waals surface area contributed by atoms with Gasteiger partial charge >= 0.3 is 6.61 Å². The van der Waals surface area contributed by atoms with Crippen molar-refractivity contribution in [2.45, 2.75) is 24.4 Å². The third-order valence-electron chi connectivity index (χ3n) is 4.85. The van der Waals surface area contributed by atoms with Crippen molar-refractivity contribution < 1.29 is 38.1 Å². The lowest BCUT2D eigenvalue weighted by atomic mass is 9.96. The summed E-state index contributed by atoms with van der Waals surface area (Å²) in [5.74, 6) is -1.42. The van der Waals surface area contributed by atoms with Crippen molar-refractivity contribution in [1.82, 2.24) is 10.6 Å². The first-order valence-corrected chi connectivity index (χ1v) is 9.47. The highest BCUT2D eigenvalue weighted by Gasteiger charge is 2.48. The molecule has 1 saturated heterocycles. The number of amides is 2. The monoisotopic (exact) mass is 436 g/mol. The molecular formula is C21H22F2N2O6. The maximum absolute atomic E-state index is 12.5. The second kappa shape index (κ2) is 9.82. The van der Waals surface area contributed by atoms with Crippen molar-refractivity contribution in [2.75, 3.05) is 19.7 Å². The van der Waals surface area contributed by atoms with Gasteiger partial charge in [0, 0.05) is 12.1 Å². The molecule has 2 aromatic rings. The van der Waals surface area contributed by atoms with Gasteiger partial charge in [0.2, 0.25) is 0 Å². The smallest absolute Gasteiger partial charge is 0.387 e. The summed E-state index contributed by atoms with van der Waals surface area (Å²) in [6.07, 6.45) is -2.37. The van der Waals surface area contributed by atoms with Crippen molar-refractivity contribution in [2.24, 2.45) is 0 Å². The van der Waals surface area contributed by atoms with Crippen LogP contribution in [0.5, 0.6) is 5.75 Å². The molecule has 0 saturated carbocycles. The maximum Gasteiger partial charge on any atom is 0.387 e. The van der Waals surface area contributed by atoms with E-state index >= 15 is 0 Å². The molecule has 3 atom stereocenters. The number of rotatable bonds is 8. The van der Waals surface area contributed by atoms with Gasteiger partial charge in [0.1, 0.15) is 23.6 Å². The van der Waals surface area contributed by atoms with Crippen LogP contribution in [0, 0.1) is 0 Å². The Morgan fingerprint density at radius 2 is 1.77 bits per heavy atom. The fourth-order valence-electron chi connectivity index (χ4n) is 3.17. The summed E-state index contributed by atoms with van der Waals surface area (Å²) in [5, 5.41) is 26.1. The number of benzene rings is 2. The molecule has 1 aliphatic heterocycles. The molecule has 0 aromatic heterocycles. The second-order valence-corrected chi connectivity index (χ2v) is 7.03. The number of hydrogen-bond donors (Lipinski definition) is 4. The van der Waals surface area contributed by atoms with Gasteiger partial charge in [0.15, 0.2) is 0 Å². The summed E-state index contributed by atoms with van der Waals surface area (Å²) in [7, 11) is 0. The first-order chi connectivity index (χ1) is 14.8. The predicted octanol–water partition coefficient (Wildman–Crippen LogP) is 0.939. The van der Waals surface area contributed by atoms with Crippen LogP contribution in [0.2, 0.25) is 0 Å². The fraction of sp³-hybridized carbons (Fsp3) is 0.333. The van der Waals surface area contributed by atoms with Crippen LogP contribution in [0.25, 0.3) is 0 Å². The van der Waals surface area contributed by atoms with E-state index in [4.69, 9.17) is 4.74 Å². The van der Waals surface area contributed by atoms with E-state index < -0.39 is 36.2 Å². The number of ether oxygens (including phenoxy) is 2. The average molecular weight is 436 g/mol. The molecule has 1 aliphatic rings. The van der Waals surface area contributed by atoms with Crippen LogP contribution in [-0.4, -0.2) is 66.1 Å². The molecular weight excluding hydrogens is 414 g/mol. The second-order valence-electron chi connectivity index (χ2n) is 7.03. The molecule has 0 spiro atoms. The first-order valence-electron chi connectivity index (χ1n) is 9.47. The maximum atomic E-state index is 12.5. The highest BCUT2D eigenvalue weighted by atomic mass is 19.3. The number of aliphatic hydroxyl groups is 2. The van der Waals surface area contributed by atoms with Crippen LogP contribution in [0.1, 0.15) is 20.7 Å². The van der Waals surface area contributed by atoms with Crippen molar-refractivity contribution in [1.29, 1.82) is 0 Å². The van der Waals surface area contributed by atoms with Gasteiger partial charge in [-0.1, -0.05) is 30.3 Å². The number of carbonyl (C=O) groups excluding carboxylic acids is 2. The summed E-state index contributed by atoms with van der Waals surface area (Å²) in [6, 6.07) is 13.8. The Morgan fingerprint density at radius 3 is 2.48 bits per heavy atom. The van der Waals surface area contributed by atoms with Gasteiger partial charge < -0.3 is 30.3 Å². The Hall–Kier alpha value is -3.08. The zero-order valence-corrected chi connectivity index (χ0v) is 16.3. The van der Waals surface area contributed by atoms with E-state index in [0.29, 0.717) is 5.56 Å². The highest BCUT2D eigenvalue weighted by molar-refractivity contribution is 5.97. The van der Waals surface area contributed by atoms with E-state index in [1.54, 1.807) is 30.3 Å². The SMILES string of the molecule is O=C(NC[C@]1(O)CO[C@H](CNC(=O)c2ccccc2OC(F)F)[C@H]1O)c1ccccc1. The molecule has 166 valence electrons. The Balaban J connectivity index is 1.55. The molecule has 0 unspecified atom stereocenters. The lowest BCUT2D eigenvalue weighted by molar-refractivity contribution is -0.0502. The zero-order chi connectivity index (χ0) is 22.4. The Bertz CT molecular complexity index is 914. The highest BCUT2D eigenvalue weighted by Crippen LogP contribution is 2.25. The summed E-state index contributed by atoms with van der Waals surface area (Å²) in [4.78, 5) is 24.5. The van der Waals surface area contributed by atoms with Gasteiger partial charge in [0.05, 0.1) is 18.7 Å². The summed E-state index contributed by atoms with van der Waals surface area (Å²) < 4.78 is 34.7. The third kappa shape index (κ3) is 5.54. The van der Waals surface area contributed by atoms with Gasteiger partial charge in [-0.2, -0.15) is 8.78 Å². The Morgan fingerprint density at radius 1 is 1.10 bits per heavy atom. The number of hydrogen-bond acceptors (Lipinski definition) is 6. The van der Waals surface area contributed by atoms with E-state index in [9.17, 15) is 28.6 Å². The Labute approximate surface area is 176 Å². The van der Waals surface area contributed by atoms with Crippen LogP contribution in [0.4, 0.5) is 8.78 Å². The molecule has 0 radical (unpaired) electrons. The van der Waals surface area contributed by atoms with Gasteiger partial charge in [-0.3, -0.25) is 9.59 Å². The Kier molecular flexibility index (Phi) is 7.16. The van der Waals surface area contributed by atoms with Gasteiger partial charge in [-0.05, 0) is 24.3 Å². The van der Waals surface area contributed by atoms with E-state index in [2.05, 4.69) is 15.4 Å². The van der Waals surface area contributed by atoms with Gasteiger partial charge in [-0.15, -0.1) is 0 Å². The quantitative estimate of drug-likeness (QED) is 0.489. The average Bonchev–Trinajstić information content (AvgIpc) is 3.05. The molecule has 31 heavy (non-hydrogen) atoms. The molecule has 2 aromatic carbocycles. The van der Waals surface area contributed by atoms with E-state index in [0.717, 1.165) is 0 Å². The predicted molar refractivity (Wildman–Crippen MR) is 105 cm³/mol. The lowest BCUT2D eigenvalue weighted by Crippen LogP contribution is -2.53. The zero-order valence-electron chi connectivity index (χ0n) is 16.3. The van der Waals surface area contributed by atoms with Crippen LogP contribution in [0.3, 0.4) is 0 Å². The number of nitrogens with one attached hydrogen (secondary N) is 2. The number of aliphatic hydroxyl groups excluding tert-OH is 1. The molecule has 0 bridgehead atoms. The molecule has 0 aliphatic carbocycles. The largest absolute Gasteiger partial charge is 0.434 e. The number of carbonyl (C=O) groups is 2. The van der Waals surface area contributed by atoms with Crippen molar-refractivity contribution in [3.8, 4) is 5.75 Å². The van der Waals surface area contributed by atoms with E-state index in [-0.39, 0.29) is 31.0 Å². The van der Waals surface area contributed by atoms with E-state index in [1.165, 1.54) is 24.3 Å². The lowest BCUT2D eigenvalue weighted by Gasteiger charge is -2.26. The van der Waals surface area contributed by atoms with Crippen LogP contribution >= 0.6 is 0 Å². The van der Waals surface area contributed by atoms with Crippen LogP contribution in [-0.2, 0) is 4.74 Å². The minimum atomic E-state index is -3.09. The summed E-state index contributed by atoms with van der Waals surface area (Å²) in [5.41, 5.74) is -1.47. The molecule has 2 amide bonds. The number of para-hydroxylation sites is 1. The molecule has 1 fully saturated rings. The first kappa shape index (κ1) is 22.6. The van der Waals surface area contributed by atoms with Crippen LogP contribution < -0.4 is 15.4 Å². The molecule has 3 rings (SSSR count). The van der Waals surface area contributed by atoms with Crippen molar-refractivity contribution in [3.63, 3.8) is 0 Å². The molecule has 10 heteroatoms. The number of alkyl halides is 2. The topological polar surface area (TPSA) is 117 Å². The van der Waals surface area contributed by atoms with Crippen molar-refractivity contribution >= 4 is 11.8 Å².